The van der Waals surface area contributed by atoms with Gasteiger partial charge in [-0.15, -0.1) is 0 Å². The van der Waals surface area contributed by atoms with Crippen molar-refractivity contribution in [1.82, 2.24) is 0 Å². The number of hydrogen-bond acceptors (Lipinski definition) is 4. The minimum absolute atomic E-state index is 0.0651. The molecule has 0 amide bonds. The van der Waals surface area contributed by atoms with Crippen LogP contribution in [0.3, 0.4) is 0 Å². The van der Waals surface area contributed by atoms with Crippen LogP contribution >= 0.6 is 0 Å². The zero-order valence-corrected chi connectivity index (χ0v) is 16.4. The van der Waals surface area contributed by atoms with Crippen molar-refractivity contribution in [2.45, 2.75) is 64.2 Å². The Morgan fingerprint density at radius 3 is 2.78 bits per heavy atom. The van der Waals surface area contributed by atoms with Gasteiger partial charge in [0.2, 0.25) is 0 Å². The number of rotatable bonds is 1. The Hall–Kier alpha value is -0.750. The van der Waals surface area contributed by atoms with E-state index in [2.05, 4.69) is 13.5 Å². The number of Topliss-reactive ketones (excluding diaryl/α,β-unsaturated/α-hetero) is 1. The predicted molar refractivity (Wildman–Crippen MR) is 99.0 cm³/mol. The Labute approximate surface area is 160 Å². The third-order valence-corrected chi connectivity index (χ3v) is 10.7. The van der Waals surface area contributed by atoms with Crippen molar-refractivity contribution in [2.24, 2.45) is 39.9 Å². The van der Waals surface area contributed by atoms with Gasteiger partial charge in [0.05, 0.1) is 30.7 Å². The Morgan fingerprint density at radius 1 is 1.33 bits per heavy atom. The fourth-order valence-corrected chi connectivity index (χ4v) is 10.1. The zero-order valence-electron chi connectivity index (χ0n) is 16.4. The fraction of sp³-hybridized carbons (Fsp3) is 0.864. The van der Waals surface area contributed by atoms with E-state index in [0.717, 1.165) is 19.3 Å². The van der Waals surface area contributed by atoms with Crippen LogP contribution in [0.4, 0.5) is 0 Å². The number of piperidine rings is 1. The van der Waals surface area contributed by atoms with Crippen LogP contribution in [0.5, 0.6) is 0 Å². The van der Waals surface area contributed by atoms with Crippen LogP contribution in [-0.4, -0.2) is 52.0 Å². The second-order valence-corrected chi connectivity index (χ2v) is 11.0. The highest BCUT2D eigenvalue weighted by atomic mass is 16.5. The molecule has 0 aromatic carbocycles. The first kappa shape index (κ1) is 17.1. The number of hydrogen-bond donors (Lipinski definition) is 2. The number of aliphatic hydroxyl groups is 2. The van der Waals surface area contributed by atoms with Crippen molar-refractivity contribution < 1.29 is 19.7 Å². The standard InChI is InChI=1S/C22H31NO4/c1-4-23(27)10-20(3)6-5-17(25)22-15(20)7-13(18(22)23)21-9-12(11(2)19(21)26)14(24)8-16(21)22/h12-13,15-19,25-26H,2,4-10H2,1,3H3/t12-,13+,15-,16-,17+,18+,19-,20+,21+,22+,23+/m1/s1. The van der Waals surface area contributed by atoms with Crippen molar-refractivity contribution in [1.29, 1.82) is 0 Å². The summed E-state index contributed by atoms with van der Waals surface area (Å²) in [5.41, 5.74) is -0.303. The molecule has 2 N–H and O–H groups in total. The van der Waals surface area contributed by atoms with Gasteiger partial charge in [-0.3, -0.25) is 4.79 Å². The maximum absolute atomic E-state index is 14.2. The topological polar surface area (TPSA) is 80.6 Å². The van der Waals surface area contributed by atoms with Crippen molar-refractivity contribution in [3.8, 4) is 0 Å². The number of quaternary nitrogens is 1. The van der Waals surface area contributed by atoms with Gasteiger partial charge in [0.25, 0.3) is 0 Å². The van der Waals surface area contributed by atoms with E-state index in [1.165, 1.54) is 0 Å². The minimum Gasteiger partial charge on any atom is -0.633 e. The average Bonchev–Trinajstić information content (AvgIpc) is 3.17. The maximum atomic E-state index is 14.2. The second kappa shape index (κ2) is 4.53. The summed E-state index contributed by atoms with van der Waals surface area (Å²) in [4.78, 5) is 13.0. The Bertz CT molecular complexity index is 782. The van der Waals surface area contributed by atoms with Crippen LogP contribution in [-0.2, 0) is 4.79 Å². The van der Waals surface area contributed by atoms with Gasteiger partial charge in [0, 0.05) is 29.1 Å². The molecule has 5 nitrogen and oxygen atoms in total. The summed E-state index contributed by atoms with van der Waals surface area (Å²) < 4.78 is -0.245. The van der Waals surface area contributed by atoms with E-state index >= 15 is 0 Å². The molecule has 11 atom stereocenters. The highest BCUT2D eigenvalue weighted by Gasteiger charge is 2.88. The van der Waals surface area contributed by atoms with E-state index in [1.807, 2.05) is 6.92 Å². The molecule has 1 saturated heterocycles. The van der Waals surface area contributed by atoms with Gasteiger partial charge in [-0.05, 0) is 50.0 Å². The van der Waals surface area contributed by atoms with Gasteiger partial charge in [0.15, 0.2) is 0 Å². The van der Waals surface area contributed by atoms with E-state index in [0.29, 0.717) is 37.4 Å². The Morgan fingerprint density at radius 2 is 2.07 bits per heavy atom. The average molecular weight is 373 g/mol. The summed E-state index contributed by atoms with van der Waals surface area (Å²) >= 11 is 0. The second-order valence-electron chi connectivity index (χ2n) is 11.0. The van der Waals surface area contributed by atoms with Gasteiger partial charge in [0.1, 0.15) is 11.8 Å². The van der Waals surface area contributed by atoms with Gasteiger partial charge >= 0.3 is 0 Å². The molecule has 6 rings (SSSR count). The minimum atomic E-state index is -0.699. The zero-order chi connectivity index (χ0) is 19.1. The summed E-state index contributed by atoms with van der Waals surface area (Å²) in [6, 6.07) is -0.173. The molecule has 0 aromatic heterocycles. The van der Waals surface area contributed by atoms with Crippen LogP contribution < -0.4 is 0 Å². The van der Waals surface area contributed by atoms with E-state index in [1.54, 1.807) is 0 Å². The lowest BCUT2D eigenvalue weighted by atomic mass is 9.43. The number of carbonyl (C=O) groups excluding carboxylic acids is 1. The lowest BCUT2D eigenvalue weighted by molar-refractivity contribution is -0.927. The molecule has 5 saturated carbocycles. The summed E-state index contributed by atoms with van der Waals surface area (Å²) in [6.45, 7) is 9.47. The third kappa shape index (κ3) is 1.44. The lowest BCUT2D eigenvalue weighted by Gasteiger charge is -2.68. The highest BCUT2D eigenvalue weighted by Crippen LogP contribution is 2.84. The van der Waals surface area contributed by atoms with E-state index < -0.39 is 23.0 Å². The Kier molecular flexibility index (Phi) is 2.88. The molecule has 0 unspecified atom stereocenters. The molecule has 0 aromatic rings. The number of hydroxylamine groups is 3. The van der Waals surface area contributed by atoms with Crippen LogP contribution in [0.25, 0.3) is 0 Å². The summed E-state index contributed by atoms with van der Waals surface area (Å²) in [5.74, 6) is 0.275. The Balaban J connectivity index is 1.64. The van der Waals surface area contributed by atoms with Crippen molar-refractivity contribution in [3.05, 3.63) is 17.4 Å². The number of likely N-dealkylation sites (tertiary alicyclic amines) is 1. The summed E-state index contributed by atoms with van der Waals surface area (Å²) in [5, 5.41) is 37.0. The summed E-state index contributed by atoms with van der Waals surface area (Å²) in [6.07, 6.45) is 2.40. The molecule has 27 heavy (non-hydrogen) atoms. The monoisotopic (exact) mass is 373 g/mol. The molecule has 1 aliphatic heterocycles. The first-order chi connectivity index (χ1) is 12.7. The van der Waals surface area contributed by atoms with Gasteiger partial charge < -0.3 is 20.1 Å². The normalized spacial score (nSPS) is 65.6. The number of nitrogens with zero attached hydrogens (tertiary/aromatic N) is 1. The molecule has 148 valence electrons. The molecule has 7 bridgehead atoms. The molecular weight excluding hydrogens is 342 g/mol. The van der Waals surface area contributed by atoms with Crippen LogP contribution in [0.1, 0.15) is 46.0 Å². The third-order valence-electron chi connectivity index (χ3n) is 10.7. The number of carbonyl (C=O) groups is 1. The number of ketones is 1. The van der Waals surface area contributed by atoms with Crippen molar-refractivity contribution in [2.75, 3.05) is 13.1 Å². The van der Waals surface area contributed by atoms with E-state index in [4.69, 9.17) is 0 Å². The SMILES string of the molecule is C=C1[C@H]2C[C@@]3([C@@H]1O)[C@@H](CC2=O)[C@]12[C@@H]4C[C@H]3[C@@H]1[N@+]([O-])(CC)C[C@]4(C)CC[C@@H]2O. The molecule has 2 spiro atoms. The first-order valence-electron chi connectivity index (χ1n) is 10.8. The molecule has 6 aliphatic rings. The molecule has 5 heteroatoms. The maximum Gasteiger partial charge on any atom is 0.140 e. The smallest absolute Gasteiger partial charge is 0.140 e. The van der Waals surface area contributed by atoms with Gasteiger partial charge in [-0.25, -0.2) is 0 Å². The molecule has 6 fully saturated rings. The van der Waals surface area contributed by atoms with Crippen LogP contribution in [0, 0.1) is 45.1 Å². The van der Waals surface area contributed by atoms with E-state index in [9.17, 15) is 20.2 Å². The quantitative estimate of drug-likeness (QED) is 0.419. The number of fused-ring (bicyclic) bond motifs is 1. The van der Waals surface area contributed by atoms with E-state index in [-0.39, 0.29) is 39.6 Å². The van der Waals surface area contributed by atoms with Crippen molar-refractivity contribution in [3.63, 3.8) is 0 Å². The van der Waals surface area contributed by atoms with Crippen LogP contribution in [0.15, 0.2) is 12.2 Å². The molecule has 0 radical (unpaired) electrons. The fourth-order valence-electron chi connectivity index (χ4n) is 10.1. The lowest BCUT2D eigenvalue weighted by Crippen LogP contribution is -2.73. The molecule has 5 aliphatic carbocycles. The predicted octanol–water partition coefficient (Wildman–Crippen LogP) is 2.01. The van der Waals surface area contributed by atoms with Crippen molar-refractivity contribution >= 4 is 5.78 Å². The summed E-state index contributed by atoms with van der Waals surface area (Å²) in [7, 11) is 0. The van der Waals surface area contributed by atoms with Gasteiger partial charge in [-0.1, -0.05) is 13.5 Å². The first-order valence-corrected chi connectivity index (χ1v) is 10.8. The number of aliphatic hydroxyl groups excluding tert-OH is 2. The van der Waals surface area contributed by atoms with Crippen LogP contribution in [0.2, 0.25) is 0 Å². The van der Waals surface area contributed by atoms with Gasteiger partial charge in [-0.2, -0.15) is 0 Å². The molecular formula is C22H31NO4. The molecule has 1 heterocycles. The highest BCUT2D eigenvalue weighted by molar-refractivity contribution is 5.87. The largest absolute Gasteiger partial charge is 0.633 e.